The molecule has 0 heterocycles. The van der Waals surface area contributed by atoms with E-state index in [1.165, 1.54) is 7.11 Å². The van der Waals surface area contributed by atoms with Gasteiger partial charge in [0.15, 0.2) is 0 Å². The molecule has 0 unspecified atom stereocenters. The van der Waals surface area contributed by atoms with Crippen LogP contribution in [0.2, 0.25) is 5.02 Å². The van der Waals surface area contributed by atoms with E-state index in [0.717, 1.165) is 5.56 Å². The van der Waals surface area contributed by atoms with Gasteiger partial charge in [-0.05, 0) is 23.8 Å². The van der Waals surface area contributed by atoms with Crippen LogP contribution in [-0.2, 0) is 14.3 Å². The lowest BCUT2D eigenvalue weighted by molar-refractivity contribution is -0.136. The van der Waals surface area contributed by atoms with Crippen molar-refractivity contribution in [3.63, 3.8) is 0 Å². The van der Waals surface area contributed by atoms with Crippen molar-refractivity contribution in [2.24, 2.45) is 0 Å². The fraction of sp³-hybridized carbons (Fsp3) is 0.214. The van der Waals surface area contributed by atoms with E-state index >= 15 is 0 Å². The molecule has 0 spiro atoms. The Labute approximate surface area is 111 Å². The zero-order valence-corrected chi connectivity index (χ0v) is 10.7. The molecule has 94 valence electrons. The van der Waals surface area contributed by atoms with Crippen LogP contribution in [-0.4, -0.2) is 26.3 Å². The average Bonchev–Trinajstić information content (AvgIpc) is 2.39. The minimum atomic E-state index is -0.443. The van der Waals surface area contributed by atoms with E-state index < -0.39 is 5.97 Å². The molecule has 0 aliphatic rings. The first-order valence-corrected chi connectivity index (χ1v) is 5.61. The van der Waals surface area contributed by atoms with E-state index in [1.54, 1.807) is 30.3 Å². The van der Waals surface area contributed by atoms with Gasteiger partial charge in [-0.15, -0.1) is 6.42 Å². The average molecular weight is 265 g/mol. The largest absolute Gasteiger partial charge is 0.466 e. The molecule has 1 aromatic carbocycles. The van der Waals surface area contributed by atoms with Crippen LogP contribution in [0.25, 0.3) is 6.08 Å². The number of ether oxygens (including phenoxy) is 2. The molecule has 0 aliphatic carbocycles. The summed E-state index contributed by atoms with van der Waals surface area (Å²) in [5, 5.41) is 0.635. The molecule has 0 N–H and O–H groups in total. The Morgan fingerprint density at radius 3 is 2.67 bits per heavy atom. The van der Waals surface area contributed by atoms with Gasteiger partial charge in [0.2, 0.25) is 0 Å². The Morgan fingerprint density at radius 2 is 2.11 bits per heavy atom. The van der Waals surface area contributed by atoms with Crippen molar-refractivity contribution >= 4 is 23.6 Å². The lowest BCUT2D eigenvalue weighted by Crippen LogP contribution is -2.11. The summed E-state index contributed by atoms with van der Waals surface area (Å²) in [5.41, 5.74) is 1.24. The summed E-state index contributed by atoms with van der Waals surface area (Å²) in [7, 11) is 1.32. The molecule has 1 aromatic rings. The van der Waals surface area contributed by atoms with E-state index in [0.29, 0.717) is 10.6 Å². The minimum absolute atomic E-state index is 0.111. The molecule has 18 heavy (non-hydrogen) atoms. The predicted octanol–water partition coefficient (Wildman–Crippen LogP) is 2.55. The fourth-order valence-electron chi connectivity index (χ4n) is 1.27. The predicted molar refractivity (Wildman–Crippen MR) is 71.1 cm³/mol. The van der Waals surface area contributed by atoms with Crippen molar-refractivity contribution in [1.29, 1.82) is 0 Å². The lowest BCUT2D eigenvalue weighted by atomic mass is 10.1. The first kappa shape index (κ1) is 14.3. The minimum Gasteiger partial charge on any atom is -0.466 e. The summed E-state index contributed by atoms with van der Waals surface area (Å²) in [6, 6.07) is 7.08. The number of halogens is 1. The number of methoxy groups -OCH3 is 1. The SMILES string of the molecule is C#CCOC/C(=C/c1ccc(Cl)cc1)C(=O)OC. The zero-order valence-electron chi connectivity index (χ0n) is 9.98. The van der Waals surface area contributed by atoms with Crippen molar-refractivity contribution in [2.45, 2.75) is 0 Å². The van der Waals surface area contributed by atoms with Crippen LogP contribution < -0.4 is 0 Å². The second-order valence-electron chi connectivity index (χ2n) is 3.41. The molecule has 0 bridgehead atoms. The molecule has 0 aliphatic heterocycles. The molecule has 0 saturated carbocycles. The van der Waals surface area contributed by atoms with Crippen LogP contribution in [0.3, 0.4) is 0 Å². The van der Waals surface area contributed by atoms with Crippen LogP contribution >= 0.6 is 11.6 Å². The van der Waals surface area contributed by atoms with Crippen LogP contribution in [0.1, 0.15) is 5.56 Å². The highest BCUT2D eigenvalue weighted by molar-refractivity contribution is 6.30. The maximum Gasteiger partial charge on any atom is 0.336 e. The van der Waals surface area contributed by atoms with Gasteiger partial charge >= 0.3 is 5.97 Å². The number of esters is 1. The van der Waals surface area contributed by atoms with Crippen LogP contribution in [0.4, 0.5) is 0 Å². The molecule has 0 amide bonds. The highest BCUT2D eigenvalue weighted by Gasteiger charge is 2.09. The van der Waals surface area contributed by atoms with E-state index in [2.05, 4.69) is 10.7 Å². The van der Waals surface area contributed by atoms with E-state index in [9.17, 15) is 4.79 Å². The van der Waals surface area contributed by atoms with Gasteiger partial charge in [0, 0.05) is 5.02 Å². The Balaban J connectivity index is 2.84. The second-order valence-corrected chi connectivity index (χ2v) is 3.85. The van der Waals surface area contributed by atoms with Gasteiger partial charge in [-0.1, -0.05) is 29.7 Å². The molecule has 0 radical (unpaired) electrons. The van der Waals surface area contributed by atoms with E-state index in [1.807, 2.05) is 0 Å². The topological polar surface area (TPSA) is 35.5 Å². The van der Waals surface area contributed by atoms with Crippen LogP contribution in [0.15, 0.2) is 29.8 Å². The lowest BCUT2D eigenvalue weighted by Gasteiger charge is -2.05. The third-order valence-corrected chi connectivity index (χ3v) is 2.35. The van der Waals surface area contributed by atoms with Crippen molar-refractivity contribution in [1.82, 2.24) is 0 Å². The molecule has 3 nitrogen and oxygen atoms in total. The number of hydrogen-bond donors (Lipinski definition) is 0. The number of rotatable bonds is 5. The second kappa shape index (κ2) is 7.54. The van der Waals surface area contributed by atoms with Gasteiger partial charge in [-0.2, -0.15) is 0 Å². The fourth-order valence-corrected chi connectivity index (χ4v) is 1.40. The van der Waals surface area contributed by atoms with Gasteiger partial charge in [-0.3, -0.25) is 0 Å². The van der Waals surface area contributed by atoms with Crippen LogP contribution in [0, 0.1) is 12.3 Å². The zero-order chi connectivity index (χ0) is 13.4. The van der Waals surface area contributed by atoms with Gasteiger partial charge in [-0.25, -0.2) is 4.79 Å². The maximum atomic E-state index is 11.5. The highest BCUT2D eigenvalue weighted by Crippen LogP contribution is 2.13. The first-order valence-electron chi connectivity index (χ1n) is 5.23. The third-order valence-electron chi connectivity index (χ3n) is 2.10. The monoisotopic (exact) mass is 264 g/mol. The summed E-state index contributed by atoms with van der Waals surface area (Å²) >= 11 is 5.78. The van der Waals surface area contributed by atoms with Crippen LogP contribution in [0.5, 0.6) is 0 Å². The normalized spacial score (nSPS) is 10.8. The van der Waals surface area contributed by atoms with Gasteiger partial charge < -0.3 is 9.47 Å². The van der Waals surface area contributed by atoms with Gasteiger partial charge in [0.1, 0.15) is 6.61 Å². The smallest absolute Gasteiger partial charge is 0.336 e. The maximum absolute atomic E-state index is 11.5. The van der Waals surface area contributed by atoms with Crippen molar-refractivity contribution in [3.8, 4) is 12.3 Å². The number of terminal acetylenes is 1. The van der Waals surface area contributed by atoms with Crippen molar-refractivity contribution in [3.05, 3.63) is 40.4 Å². The molecule has 1 rings (SSSR count). The molecule has 4 heteroatoms. The number of carbonyl (C=O) groups is 1. The summed E-state index contributed by atoms with van der Waals surface area (Å²) < 4.78 is 9.81. The van der Waals surface area contributed by atoms with Crippen molar-refractivity contribution in [2.75, 3.05) is 20.3 Å². The first-order chi connectivity index (χ1) is 8.67. The van der Waals surface area contributed by atoms with Crippen molar-refractivity contribution < 1.29 is 14.3 Å². The summed E-state index contributed by atoms with van der Waals surface area (Å²) in [6.45, 7) is 0.258. The number of carbonyl (C=O) groups excluding carboxylic acids is 1. The van der Waals surface area contributed by atoms with E-state index in [4.69, 9.17) is 22.8 Å². The van der Waals surface area contributed by atoms with Gasteiger partial charge in [0.05, 0.1) is 19.3 Å². The summed E-state index contributed by atoms with van der Waals surface area (Å²) in [4.78, 5) is 11.5. The summed E-state index contributed by atoms with van der Waals surface area (Å²) in [5.74, 6) is 1.89. The molecular formula is C14H13ClO3. The Bertz CT molecular complexity index is 469. The summed E-state index contributed by atoms with van der Waals surface area (Å²) in [6.07, 6.45) is 6.75. The standard InChI is InChI=1S/C14H13ClO3/c1-3-8-18-10-12(14(16)17-2)9-11-4-6-13(15)7-5-11/h1,4-7,9H,8,10H2,2H3/b12-9-. The Morgan fingerprint density at radius 1 is 1.44 bits per heavy atom. The third kappa shape index (κ3) is 4.62. The molecule has 0 saturated heterocycles. The molecular weight excluding hydrogens is 252 g/mol. The Hall–Kier alpha value is -1.76. The van der Waals surface area contributed by atoms with Gasteiger partial charge in [0.25, 0.3) is 0 Å². The quantitative estimate of drug-likeness (QED) is 0.355. The number of hydrogen-bond acceptors (Lipinski definition) is 3. The molecule has 0 fully saturated rings. The number of benzene rings is 1. The highest BCUT2D eigenvalue weighted by atomic mass is 35.5. The Kier molecular flexibility index (Phi) is 5.99. The molecule has 0 aromatic heterocycles. The molecule has 0 atom stereocenters. The van der Waals surface area contributed by atoms with E-state index in [-0.39, 0.29) is 13.2 Å².